The predicted molar refractivity (Wildman–Crippen MR) is 155 cm³/mol. The molecule has 1 amide bonds. The fraction of sp³-hybridized carbons (Fsp3) is 0.400. The van der Waals surface area contributed by atoms with Crippen molar-refractivity contribution in [2.75, 3.05) is 18.0 Å². The maximum atomic E-state index is 12.1. The second-order valence-corrected chi connectivity index (χ2v) is 12.2. The molecule has 3 heterocycles. The Bertz CT molecular complexity index is 1560. The van der Waals surface area contributed by atoms with Crippen LogP contribution in [-0.4, -0.2) is 55.9 Å². The molecule has 10 heteroatoms. The number of halogens is 1. The lowest BCUT2D eigenvalue weighted by Gasteiger charge is -2.41. The van der Waals surface area contributed by atoms with Gasteiger partial charge in [0, 0.05) is 24.3 Å². The Morgan fingerprint density at radius 2 is 1.88 bits per heavy atom. The van der Waals surface area contributed by atoms with Gasteiger partial charge in [0.05, 0.1) is 17.6 Å². The lowest BCUT2D eigenvalue weighted by Crippen LogP contribution is -2.60. The summed E-state index contributed by atoms with van der Waals surface area (Å²) in [7, 11) is 0. The molecule has 1 aliphatic carbocycles. The zero-order chi connectivity index (χ0) is 28.1. The molecular formula is C30H33ClN6O3. The summed E-state index contributed by atoms with van der Waals surface area (Å²) in [5.74, 6) is 1.20. The van der Waals surface area contributed by atoms with E-state index in [4.69, 9.17) is 26.1 Å². The van der Waals surface area contributed by atoms with Crippen molar-refractivity contribution >= 4 is 34.5 Å². The topological polar surface area (TPSA) is 94.4 Å². The number of alkyl carbamates (subject to hydrolysis) is 1. The number of ether oxygens (including phenoxy) is 2. The highest BCUT2D eigenvalue weighted by Crippen LogP contribution is 2.41. The average molecular weight is 561 g/mol. The highest BCUT2D eigenvalue weighted by atomic mass is 35.5. The molecule has 2 aromatic heterocycles. The van der Waals surface area contributed by atoms with Crippen LogP contribution in [0.25, 0.3) is 22.6 Å². The number of nitrogens with zero attached hydrogens (tertiary/aromatic N) is 5. The first kappa shape index (κ1) is 26.4. The molecule has 2 aromatic carbocycles. The number of nitrogens with one attached hydrogen (secondary N) is 1. The number of carbonyl (C=O) groups is 1. The molecule has 1 N–H and O–H groups in total. The van der Waals surface area contributed by atoms with Crippen LogP contribution in [0.4, 0.5) is 10.5 Å². The van der Waals surface area contributed by atoms with Gasteiger partial charge in [-0.1, -0.05) is 41.9 Å². The summed E-state index contributed by atoms with van der Waals surface area (Å²) in [6.45, 7) is 9.57. The van der Waals surface area contributed by atoms with Crippen molar-refractivity contribution in [2.45, 2.75) is 64.3 Å². The summed E-state index contributed by atoms with van der Waals surface area (Å²) >= 11 is 6.90. The number of imidazole rings is 1. The van der Waals surface area contributed by atoms with E-state index in [9.17, 15) is 4.79 Å². The van der Waals surface area contributed by atoms with E-state index in [1.807, 2.05) is 57.2 Å². The molecule has 0 atom stereocenters. The Hall–Kier alpha value is -3.85. The predicted octanol–water partition coefficient (Wildman–Crippen LogP) is 5.84. The van der Waals surface area contributed by atoms with Gasteiger partial charge in [-0.05, 0) is 64.3 Å². The minimum Gasteiger partial charge on any atom is -0.470 e. The number of rotatable bonds is 7. The summed E-state index contributed by atoms with van der Waals surface area (Å²) in [5, 5.41) is 3.50. The molecule has 4 aromatic rings. The van der Waals surface area contributed by atoms with Gasteiger partial charge >= 0.3 is 6.09 Å². The number of hydrogen-bond acceptors (Lipinski definition) is 7. The number of hydrogen-bond donors (Lipinski definition) is 1. The minimum atomic E-state index is -0.526. The third-order valence-electron chi connectivity index (χ3n) is 7.14. The first-order valence-corrected chi connectivity index (χ1v) is 13.9. The summed E-state index contributed by atoms with van der Waals surface area (Å²) in [6, 6.07) is 16.2. The van der Waals surface area contributed by atoms with Crippen molar-refractivity contribution in [1.29, 1.82) is 0 Å². The molecule has 208 valence electrons. The number of amides is 1. The van der Waals surface area contributed by atoms with Crippen LogP contribution >= 0.6 is 11.6 Å². The molecule has 1 aliphatic heterocycles. The molecule has 0 radical (unpaired) electrons. The van der Waals surface area contributed by atoms with Crippen LogP contribution in [0.3, 0.4) is 0 Å². The van der Waals surface area contributed by atoms with Gasteiger partial charge in [0.2, 0.25) is 5.88 Å². The number of anilines is 1. The largest absolute Gasteiger partial charge is 0.470 e. The quantitative estimate of drug-likeness (QED) is 0.303. The third kappa shape index (κ3) is 5.56. The number of fused-ring (bicyclic) bond motifs is 1. The van der Waals surface area contributed by atoms with E-state index < -0.39 is 11.7 Å². The van der Waals surface area contributed by atoms with Crippen molar-refractivity contribution in [3.63, 3.8) is 0 Å². The maximum absolute atomic E-state index is 12.1. The normalized spacial score (nSPS) is 16.5. The van der Waals surface area contributed by atoms with Crippen LogP contribution in [0.15, 0.2) is 54.9 Å². The number of carbonyl (C=O) groups excluding carboxylic acids is 1. The Balaban J connectivity index is 1.28. The van der Waals surface area contributed by atoms with Crippen molar-refractivity contribution in [3.05, 3.63) is 65.4 Å². The molecule has 2 fully saturated rings. The smallest absolute Gasteiger partial charge is 0.407 e. The molecule has 40 heavy (non-hydrogen) atoms. The Morgan fingerprint density at radius 1 is 1.12 bits per heavy atom. The third-order valence-corrected chi connectivity index (χ3v) is 7.45. The zero-order valence-corrected chi connectivity index (χ0v) is 23.9. The van der Waals surface area contributed by atoms with E-state index in [1.165, 1.54) is 6.33 Å². The van der Waals surface area contributed by atoms with Gasteiger partial charge in [0.25, 0.3) is 0 Å². The zero-order valence-electron chi connectivity index (χ0n) is 23.1. The van der Waals surface area contributed by atoms with E-state index in [0.717, 1.165) is 29.7 Å². The molecular weight excluding hydrogens is 528 g/mol. The van der Waals surface area contributed by atoms with Gasteiger partial charge in [0.1, 0.15) is 23.4 Å². The highest BCUT2D eigenvalue weighted by molar-refractivity contribution is 6.33. The SMILES string of the molecule is CC(C)(C)OC(=O)NC1CN(c2ccc(-c3nc4c(OC5(C)CC5)ncnc4n3Cc3ccccc3)c(Cl)c2)C1. The van der Waals surface area contributed by atoms with Crippen molar-refractivity contribution in [1.82, 2.24) is 24.8 Å². The van der Waals surface area contributed by atoms with Crippen LogP contribution in [-0.2, 0) is 11.3 Å². The van der Waals surface area contributed by atoms with Gasteiger partial charge in [-0.25, -0.2) is 14.8 Å². The van der Waals surface area contributed by atoms with E-state index in [2.05, 4.69) is 43.8 Å². The molecule has 9 nitrogen and oxygen atoms in total. The van der Waals surface area contributed by atoms with Crippen molar-refractivity contribution in [2.24, 2.45) is 0 Å². The summed E-state index contributed by atoms with van der Waals surface area (Å²) in [5.41, 5.74) is 3.50. The first-order chi connectivity index (χ1) is 19.1. The molecule has 0 bridgehead atoms. The maximum Gasteiger partial charge on any atom is 0.407 e. The molecule has 1 saturated carbocycles. The Labute approximate surface area is 238 Å². The summed E-state index contributed by atoms with van der Waals surface area (Å²) in [4.78, 5) is 28.3. The van der Waals surface area contributed by atoms with Gasteiger partial charge in [0.15, 0.2) is 11.2 Å². The summed E-state index contributed by atoms with van der Waals surface area (Å²) in [6.07, 6.45) is 3.12. The lowest BCUT2D eigenvalue weighted by atomic mass is 10.1. The van der Waals surface area contributed by atoms with Crippen LogP contribution in [0.5, 0.6) is 5.88 Å². The fourth-order valence-electron chi connectivity index (χ4n) is 4.76. The van der Waals surface area contributed by atoms with Crippen LogP contribution in [0, 0.1) is 0 Å². The van der Waals surface area contributed by atoms with Gasteiger partial charge in [-0.15, -0.1) is 0 Å². The summed E-state index contributed by atoms with van der Waals surface area (Å²) < 4.78 is 13.7. The lowest BCUT2D eigenvalue weighted by molar-refractivity contribution is 0.0496. The van der Waals surface area contributed by atoms with Crippen molar-refractivity contribution < 1.29 is 14.3 Å². The Kier molecular flexibility index (Phi) is 6.57. The molecule has 0 unspecified atom stereocenters. The molecule has 2 aliphatic rings. The molecule has 1 saturated heterocycles. The van der Waals surface area contributed by atoms with Gasteiger partial charge in [-0.3, -0.25) is 0 Å². The van der Waals surface area contributed by atoms with Crippen LogP contribution in [0.1, 0.15) is 46.1 Å². The second-order valence-electron chi connectivity index (χ2n) is 11.8. The van der Waals surface area contributed by atoms with Crippen LogP contribution in [0.2, 0.25) is 5.02 Å². The minimum absolute atomic E-state index is 0.0219. The van der Waals surface area contributed by atoms with E-state index in [-0.39, 0.29) is 11.6 Å². The van der Waals surface area contributed by atoms with Gasteiger partial charge < -0.3 is 24.3 Å². The fourth-order valence-corrected chi connectivity index (χ4v) is 5.02. The van der Waals surface area contributed by atoms with Crippen LogP contribution < -0.4 is 15.0 Å². The monoisotopic (exact) mass is 560 g/mol. The van der Waals surface area contributed by atoms with E-state index in [1.54, 1.807) is 0 Å². The first-order valence-electron chi connectivity index (χ1n) is 13.6. The standard InChI is InChI=1S/C30H33ClN6O3/c1-29(2,3)40-28(38)34-20-16-36(17-20)21-10-11-22(23(31)14-21)25-35-24-26(37(25)15-19-8-6-5-7-9-19)32-18-33-27(24)39-30(4)12-13-30/h5-11,14,18,20H,12-13,15-17H2,1-4H3,(H,34,38). The number of benzene rings is 2. The molecule has 0 spiro atoms. The van der Waals surface area contributed by atoms with Crippen molar-refractivity contribution in [3.8, 4) is 17.3 Å². The number of aromatic nitrogens is 4. The highest BCUT2D eigenvalue weighted by Gasteiger charge is 2.41. The van der Waals surface area contributed by atoms with E-state index >= 15 is 0 Å². The second kappa shape index (κ2) is 9.96. The Morgan fingerprint density at radius 3 is 2.55 bits per heavy atom. The van der Waals surface area contributed by atoms with Gasteiger partial charge in [-0.2, -0.15) is 4.98 Å². The molecule has 6 rings (SSSR count). The van der Waals surface area contributed by atoms with E-state index in [0.29, 0.717) is 47.5 Å². The average Bonchev–Trinajstić information content (AvgIpc) is 3.49.